The monoisotopic (exact) mass is 492 g/mol. The van der Waals surface area contributed by atoms with Crippen molar-refractivity contribution >= 4 is 10.5 Å². The van der Waals surface area contributed by atoms with Crippen LogP contribution in [0.5, 0.6) is 5.75 Å². The van der Waals surface area contributed by atoms with Crippen molar-refractivity contribution in [3.05, 3.63) is 150 Å². The molecule has 176 valence electrons. The highest BCUT2D eigenvalue weighted by Gasteiger charge is 2.45. The quantitative estimate of drug-likeness (QED) is 0.237. The molecule has 0 fully saturated rings. The van der Waals surface area contributed by atoms with Gasteiger partial charge in [0.15, 0.2) is 0 Å². The Morgan fingerprint density at radius 3 is 1.69 bits per heavy atom. The summed E-state index contributed by atoms with van der Waals surface area (Å²) in [5.41, 5.74) is 8.45. The lowest BCUT2D eigenvalue weighted by Crippen LogP contribution is -2.28. The second-order valence-corrected chi connectivity index (χ2v) is 9.74. The molecule has 3 nitrogen and oxygen atoms in total. The maximum atomic E-state index is 12.9. The van der Waals surface area contributed by atoms with Crippen LogP contribution in [0.15, 0.2) is 127 Å². The Hall–Kier alpha value is -4.22. The summed E-state index contributed by atoms with van der Waals surface area (Å²) >= 11 is 0. The molecule has 0 heterocycles. The highest BCUT2D eigenvalue weighted by Crippen LogP contribution is 2.56. The molecule has 0 atom stereocenters. The second-order valence-electron chi connectivity index (χ2n) is 8.79. The van der Waals surface area contributed by atoms with Gasteiger partial charge in [-0.2, -0.15) is 8.42 Å². The van der Waals surface area contributed by atoms with Gasteiger partial charge in [0.2, 0.25) is 0 Å². The Balaban J connectivity index is 1.59. The number of hydrogen-bond donors (Lipinski definition) is 0. The normalized spacial score (nSPS) is 13.6. The summed E-state index contributed by atoms with van der Waals surface area (Å²) < 4.78 is 39.0. The number of hydrogen-bond acceptors (Lipinski definition) is 3. The van der Waals surface area contributed by atoms with E-state index in [9.17, 15) is 12.3 Å². The molecule has 0 unspecified atom stereocenters. The first kappa shape index (κ1) is 22.3. The molecule has 0 bridgehead atoms. The lowest BCUT2D eigenvalue weighted by atomic mass is 9.67. The van der Waals surface area contributed by atoms with E-state index < -0.39 is 15.9 Å². The molecule has 6 rings (SSSR count). The molecular formula is C31H21FO3S. The zero-order chi connectivity index (χ0) is 24.8. The molecule has 0 amide bonds. The maximum absolute atomic E-state index is 12.9. The summed E-state index contributed by atoms with van der Waals surface area (Å²) in [6.07, 6.45) is 0. The molecule has 0 spiro atoms. The zero-order valence-corrected chi connectivity index (χ0v) is 20.0. The smallest absolute Gasteiger partial charge is 0.358 e. The molecule has 0 aromatic heterocycles. The van der Waals surface area contributed by atoms with E-state index in [0.717, 1.165) is 11.1 Å². The van der Waals surface area contributed by atoms with Gasteiger partial charge in [0.25, 0.3) is 0 Å². The molecule has 1 aliphatic carbocycles. The Kier molecular flexibility index (Phi) is 5.23. The lowest BCUT2D eigenvalue weighted by Gasteiger charge is -2.34. The topological polar surface area (TPSA) is 43.4 Å². The molecule has 1 aliphatic rings. The van der Waals surface area contributed by atoms with Gasteiger partial charge in [0.1, 0.15) is 5.75 Å². The lowest BCUT2D eigenvalue weighted by molar-refractivity contribution is 0.440. The number of fused-ring (bicyclic) bond motifs is 3. The summed E-state index contributed by atoms with van der Waals surface area (Å²) in [4.78, 5) is 0. The summed E-state index contributed by atoms with van der Waals surface area (Å²) in [7, 11) is -5.07. The average molecular weight is 493 g/mol. The second kappa shape index (κ2) is 8.47. The molecule has 36 heavy (non-hydrogen) atoms. The van der Waals surface area contributed by atoms with Crippen molar-refractivity contribution in [3.63, 3.8) is 0 Å². The van der Waals surface area contributed by atoms with Crippen molar-refractivity contribution in [3.8, 4) is 28.0 Å². The first-order valence-electron chi connectivity index (χ1n) is 11.6. The van der Waals surface area contributed by atoms with Crippen molar-refractivity contribution in [2.24, 2.45) is 0 Å². The Morgan fingerprint density at radius 2 is 1.08 bits per heavy atom. The molecule has 0 N–H and O–H groups in total. The Morgan fingerprint density at radius 1 is 0.556 bits per heavy atom. The number of rotatable bonds is 5. The van der Waals surface area contributed by atoms with Crippen LogP contribution < -0.4 is 4.18 Å². The van der Waals surface area contributed by atoms with Crippen LogP contribution in [0.4, 0.5) is 3.89 Å². The van der Waals surface area contributed by atoms with Gasteiger partial charge in [0.05, 0.1) is 5.41 Å². The van der Waals surface area contributed by atoms with Crippen LogP contribution in [0.1, 0.15) is 22.3 Å². The van der Waals surface area contributed by atoms with Gasteiger partial charge in [0, 0.05) is 0 Å². The third kappa shape index (κ3) is 3.60. The average Bonchev–Trinajstić information content (AvgIpc) is 3.20. The minimum absolute atomic E-state index is 0.0715. The molecular weight excluding hydrogens is 471 g/mol. The van der Waals surface area contributed by atoms with Crippen molar-refractivity contribution in [1.29, 1.82) is 0 Å². The minimum atomic E-state index is -5.07. The van der Waals surface area contributed by atoms with E-state index in [2.05, 4.69) is 95.2 Å². The third-order valence-electron chi connectivity index (χ3n) is 6.84. The van der Waals surface area contributed by atoms with Crippen LogP contribution >= 0.6 is 0 Å². The van der Waals surface area contributed by atoms with E-state index in [4.69, 9.17) is 0 Å². The summed E-state index contributed by atoms with van der Waals surface area (Å²) in [5, 5.41) is 0. The highest BCUT2D eigenvalue weighted by molar-refractivity contribution is 7.81. The summed E-state index contributed by atoms with van der Waals surface area (Å²) in [6.45, 7) is 0. The van der Waals surface area contributed by atoms with E-state index in [1.807, 2.05) is 12.1 Å². The molecule has 5 heteroatoms. The fourth-order valence-corrected chi connectivity index (χ4v) is 5.78. The van der Waals surface area contributed by atoms with Gasteiger partial charge in [-0.15, -0.1) is 0 Å². The molecule has 0 radical (unpaired) electrons. The van der Waals surface area contributed by atoms with Gasteiger partial charge in [-0.1, -0.05) is 113 Å². The highest BCUT2D eigenvalue weighted by atomic mass is 32.3. The predicted octanol–water partition coefficient (Wildman–Crippen LogP) is 7.31. The first-order valence-corrected chi connectivity index (χ1v) is 12.9. The van der Waals surface area contributed by atoms with Crippen molar-refractivity contribution < 1.29 is 16.5 Å². The largest absolute Gasteiger partial charge is 0.488 e. The number of benzene rings is 5. The summed E-state index contributed by atoms with van der Waals surface area (Å²) in [6, 6.07) is 42.4. The van der Waals surface area contributed by atoms with Crippen molar-refractivity contribution in [2.75, 3.05) is 0 Å². The molecule has 0 aliphatic heterocycles. The van der Waals surface area contributed by atoms with Gasteiger partial charge >= 0.3 is 10.5 Å². The standard InChI is InChI=1S/C31H21FO3S/c32-36(33,34)35-26-18-15-22(16-19-26)23-17-20-28-27-13-7-8-14-29(27)31(30(28)21-23,24-9-3-1-4-10-24)25-11-5-2-6-12-25/h1-21H. The minimum Gasteiger partial charge on any atom is -0.358 e. The van der Waals surface area contributed by atoms with E-state index in [1.165, 1.54) is 45.5 Å². The SMILES string of the molecule is O=S(=O)(F)Oc1ccc(-c2ccc3c(c2)C(c2ccccc2)(c2ccccc2)c2ccccc2-3)cc1. The fraction of sp³-hybridized carbons (Fsp3) is 0.0323. The molecule has 5 aromatic carbocycles. The Labute approximate surface area is 209 Å². The van der Waals surface area contributed by atoms with Crippen LogP contribution in [0.2, 0.25) is 0 Å². The summed E-state index contributed by atoms with van der Waals surface area (Å²) in [5.74, 6) is -0.0715. The first-order chi connectivity index (χ1) is 17.5. The van der Waals surface area contributed by atoms with Crippen LogP contribution in [-0.4, -0.2) is 8.42 Å². The van der Waals surface area contributed by atoms with E-state index in [-0.39, 0.29) is 5.75 Å². The van der Waals surface area contributed by atoms with Crippen LogP contribution in [0.25, 0.3) is 22.3 Å². The third-order valence-corrected chi connectivity index (χ3v) is 7.23. The van der Waals surface area contributed by atoms with Crippen molar-refractivity contribution in [1.82, 2.24) is 0 Å². The van der Waals surface area contributed by atoms with E-state index in [1.54, 1.807) is 12.1 Å². The Bertz CT molecular complexity index is 1620. The van der Waals surface area contributed by atoms with Crippen molar-refractivity contribution in [2.45, 2.75) is 5.41 Å². The van der Waals surface area contributed by atoms with E-state index >= 15 is 0 Å². The van der Waals surface area contributed by atoms with Gasteiger partial charge in [-0.25, -0.2) is 0 Å². The van der Waals surface area contributed by atoms with Gasteiger partial charge in [-0.05, 0) is 62.7 Å². The van der Waals surface area contributed by atoms with Crippen LogP contribution in [0.3, 0.4) is 0 Å². The predicted molar refractivity (Wildman–Crippen MR) is 140 cm³/mol. The zero-order valence-electron chi connectivity index (χ0n) is 19.1. The molecule has 0 saturated heterocycles. The fourth-order valence-electron chi connectivity index (χ4n) is 5.44. The van der Waals surface area contributed by atoms with Crippen LogP contribution in [0, 0.1) is 0 Å². The van der Waals surface area contributed by atoms with Gasteiger partial charge in [-0.3, -0.25) is 0 Å². The molecule has 5 aromatic rings. The maximum Gasteiger partial charge on any atom is 0.488 e. The van der Waals surface area contributed by atoms with Gasteiger partial charge < -0.3 is 4.18 Å². The molecule has 0 saturated carbocycles. The van der Waals surface area contributed by atoms with Crippen LogP contribution in [-0.2, 0) is 15.9 Å². The van der Waals surface area contributed by atoms with E-state index in [0.29, 0.717) is 0 Å². The number of halogens is 1.